The zero-order valence-corrected chi connectivity index (χ0v) is 15.0. The molecule has 0 atom stereocenters. The molecule has 0 fully saturated rings. The highest BCUT2D eigenvalue weighted by Crippen LogP contribution is 2.48. The minimum atomic E-state index is -0.525. The molecule has 130 valence electrons. The van der Waals surface area contributed by atoms with E-state index in [1.165, 1.54) is 0 Å². The Labute approximate surface area is 157 Å². The summed E-state index contributed by atoms with van der Waals surface area (Å²) in [6, 6.07) is 30.6. The van der Waals surface area contributed by atoms with Crippen molar-refractivity contribution >= 4 is 23.8 Å². The highest BCUT2D eigenvalue weighted by Gasteiger charge is 2.37. The number of carbonyl (C=O) groups is 1. The zero-order chi connectivity index (χ0) is 18.2. The molecule has 0 amide bonds. The Kier molecular flexibility index (Phi) is 5.87. The lowest BCUT2D eigenvalue weighted by atomic mass is 9.84. The van der Waals surface area contributed by atoms with Crippen molar-refractivity contribution in [3.63, 3.8) is 0 Å². The van der Waals surface area contributed by atoms with Gasteiger partial charge >= 0.3 is 0 Å². The molecule has 0 spiro atoms. The van der Waals surface area contributed by atoms with Crippen molar-refractivity contribution in [2.75, 3.05) is 5.75 Å². The van der Waals surface area contributed by atoms with E-state index in [9.17, 15) is 4.79 Å². The maximum absolute atomic E-state index is 11.2. The monoisotopic (exact) mass is 361 g/mol. The predicted molar refractivity (Wildman–Crippen MR) is 107 cm³/mol. The summed E-state index contributed by atoms with van der Waals surface area (Å²) >= 11 is 1.56. The van der Waals surface area contributed by atoms with Gasteiger partial charge in [-0.2, -0.15) is 0 Å². The summed E-state index contributed by atoms with van der Waals surface area (Å²) in [6.07, 6.45) is 0.596. The molecule has 0 heterocycles. The van der Waals surface area contributed by atoms with Crippen LogP contribution in [0.2, 0.25) is 0 Å². The van der Waals surface area contributed by atoms with Gasteiger partial charge in [-0.15, -0.1) is 11.8 Å². The van der Waals surface area contributed by atoms with Crippen LogP contribution in [-0.2, 0) is 9.54 Å². The Bertz CT molecular complexity index is 768. The lowest BCUT2D eigenvalue weighted by molar-refractivity contribution is -0.102. The fraction of sp³-hybridized carbons (Fsp3) is 0.0909. The Morgan fingerprint density at radius 3 is 1.50 bits per heavy atom. The van der Waals surface area contributed by atoms with E-state index in [1.807, 2.05) is 54.6 Å². The van der Waals surface area contributed by atoms with E-state index in [0.29, 0.717) is 12.0 Å². The minimum absolute atomic E-state index is 0.113. The number of benzene rings is 3. The fourth-order valence-electron chi connectivity index (χ4n) is 3.04. The van der Waals surface area contributed by atoms with Crippen LogP contribution in [0.4, 0.5) is 0 Å². The molecule has 3 aromatic carbocycles. The van der Waals surface area contributed by atoms with Gasteiger partial charge in [0.15, 0.2) is 6.29 Å². The Balaban J connectivity index is 2.22. The van der Waals surface area contributed by atoms with Gasteiger partial charge in [0.2, 0.25) is 0 Å². The topological polar surface area (TPSA) is 49.7 Å². The lowest BCUT2D eigenvalue weighted by Crippen LogP contribution is -2.27. The number of aldehydes is 1. The molecule has 0 bridgehead atoms. The molecule has 4 heteroatoms. The van der Waals surface area contributed by atoms with Gasteiger partial charge in [-0.05, 0) is 16.7 Å². The maximum Gasteiger partial charge on any atom is 0.168 e. The molecule has 0 aliphatic carbocycles. The lowest BCUT2D eigenvalue weighted by Gasteiger charge is -2.35. The number of thioether (sulfide) groups is 1. The molecule has 3 nitrogen and oxygen atoms in total. The predicted octanol–water partition coefficient (Wildman–Crippen LogP) is 4.74. The van der Waals surface area contributed by atoms with E-state index >= 15 is 0 Å². The standard InChI is InChI=1S/C22H19NO2S/c24-16-21(23-25)17-26-22(18-10-4-1-5-11-18,19-12-6-2-7-13-19)20-14-8-3-9-15-20/h1-16,25H,17H2/b23-21+. The van der Waals surface area contributed by atoms with E-state index in [-0.39, 0.29) is 5.71 Å². The Morgan fingerprint density at radius 2 is 1.19 bits per heavy atom. The second kappa shape index (κ2) is 8.50. The summed E-state index contributed by atoms with van der Waals surface area (Å²) in [4.78, 5) is 11.2. The van der Waals surface area contributed by atoms with Crippen LogP contribution in [0.25, 0.3) is 0 Å². The molecule has 0 aliphatic rings. The number of carbonyl (C=O) groups excluding carboxylic acids is 1. The van der Waals surface area contributed by atoms with Crippen LogP contribution in [0.5, 0.6) is 0 Å². The summed E-state index contributed by atoms with van der Waals surface area (Å²) in [5, 5.41) is 12.2. The molecular weight excluding hydrogens is 342 g/mol. The Morgan fingerprint density at radius 1 is 0.808 bits per heavy atom. The van der Waals surface area contributed by atoms with Crippen molar-refractivity contribution in [3.8, 4) is 0 Å². The molecule has 0 aromatic heterocycles. The summed E-state index contributed by atoms with van der Waals surface area (Å²) < 4.78 is -0.525. The molecule has 0 aliphatic heterocycles. The summed E-state index contributed by atoms with van der Waals surface area (Å²) in [5.74, 6) is 0.290. The second-order valence-electron chi connectivity index (χ2n) is 5.78. The number of oxime groups is 1. The SMILES string of the molecule is O=C/C(CSC(c1ccccc1)(c1ccccc1)c1ccccc1)=N\O. The van der Waals surface area contributed by atoms with E-state index in [1.54, 1.807) is 11.8 Å². The zero-order valence-electron chi connectivity index (χ0n) is 14.2. The Hall–Kier alpha value is -2.85. The molecule has 3 rings (SSSR count). The average Bonchev–Trinajstić information content (AvgIpc) is 2.74. The molecule has 0 radical (unpaired) electrons. The smallest absolute Gasteiger partial charge is 0.168 e. The van der Waals surface area contributed by atoms with Gasteiger partial charge in [-0.3, -0.25) is 4.79 Å². The van der Waals surface area contributed by atoms with Gasteiger partial charge in [0.25, 0.3) is 0 Å². The van der Waals surface area contributed by atoms with Crippen molar-refractivity contribution < 1.29 is 10.0 Å². The fourth-order valence-corrected chi connectivity index (χ4v) is 4.44. The van der Waals surface area contributed by atoms with Crippen LogP contribution in [0, 0.1) is 0 Å². The highest BCUT2D eigenvalue weighted by molar-refractivity contribution is 8.01. The van der Waals surface area contributed by atoms with E-state index in [0.717, 1.165) is 16.7 Å². The third-order valence-electron chi connectivity index (χ3n) is 4.24. The van der Waals surface area contributed by atoms with E-state index in [4.69, 9.17) is 5.21 Å². The number of hydrogen-bond acceptors (Lipinski definition) is 4. The van der Waals surface area contributed by atoms with Gasteiger partial charge in [-0.1, -0.05) is 96.2 Å². The van der Waals surface area contributed by atoms with Crippen molar-refractivity contribution in [3.05, 3.63) is 108 Å². The van der Waals surface area contributed by atoms with Gasteiger partial charge in [0.1, 0.15) is 5.71 Å². The average molecular weight is 361 g/mol. The van der Waals surface area contributed by atoms with Crippen LogP contribution in [-0.4, -0.2) is 23.0 Å². The molecule has 0 saturated heterocycles. The van der Waals surface area contributed by atoms with Gasteiger partial charge in [-0.25, -0.2) is 0 Å². The van der Waals surface area contributed by atoms with Crippen LogP contribution >= 0.6 is 11.8 Å². The van der Waals surface area contributed by atoms with Gasteiger partial charge in [0, 0.05) is 5.75 Å². The van der Waals surface area contributed by atoms with Gasteiger partial charge < -0.3 is 5.21 Å². The second-order valence-corrected chi connectivity index (χ2v) is 6.97. The quantitative estimate of drug-likeness (QED) is 0.217. The number of nitrogens with zero attached hydrogens (tertiary/aromatic N) is 1. The summed E-state index contributed by atoms with van der Waals surface area (Å²) in [7, 11) is 0. The first-order valence-corrected chi connectivity index (χ1v) is 9.26. The molecular formula is C22H19NO2S. The third-order valence-corrected chi connectivity index (χ3v) is 5.82. The van der Waals surface area contributed by atoms with Crippen LogP contribution in [0.3, 0.4) is 0 Å². The largest absolute Gasteiger partial charge is 0.411 e. The van der Waals surface area contributed by atoms with Gasteiger partial charge in [0.05, 0.1) is 4.75 Å². The molecule has 0 saturated carbocycles. The van der Waals surface area contributed by atoms with E-state index < -0.39 is 4.75 Å². The maximum atomic E-state index is 11.2. The molecule has 3 aromatic rings. The summed E-state index contributed by atoms with van der Waals surface area (Å²) in [6.45, 7) is 0. The number of hydrogen-bond donors (Lipinski definition) is 1. The van der Waals surface area contributed by atoms with Crippen molar-refractivity contribution in [1.29, 1.82) is 0 Å². The normalized spacial score (nSPS) is 11.9. The molecule has 0 unspecified atom stereocenters. The van der Waals surface area contributed by atoms with Crippen molar-refractivity contribution in [1.82, 2.24) is 0 Å². The van der Waals surface area contributed by atoms with Crippen LogP contribution in [0.1, 0.15) is 16.7 Å². The van der Waals surface area contributed by atoms with Crippen molar-refractivity contribution in [2.24, 2.45) is 5.16 Å². The van der Waals surface area contributed by atoms with Crippen molar-refractivity contribution in [2.45, 2.75) is 4.75 Å². The van der Waals surface area contributed by atoms with E-state index in [2.05, 4.69) is 41.6 Å². The highest BCUT2D eigenvalue weighted by atomic mass is 32.2. The van der Waals surface area contributed by atoms with Crippen LogP contribution < -0.4 is 0 Å². The minimum Gasteiger partial charge on any atom is -0.411 e. The first-order valence-electron chi connectivity index (χ1n) is 8.28. The first-order chi connectivity index (χ1) is 12.8. The first kappa shape index (κ1) is 18.0. The molecule has 26 heavy (non-hydrogen) atoms. The third kappa shape index (κ3) is 3.55. The number of rotatable bonds is 7. The molecule has 1 N–H and O–H groups in total. The summed E-state index contributed by atoms with van der Waals surface area (Å²) in [5.41, 5.74) is 3.42. The van der Waals surface area contributed by atoms with Crippen LogP contribution in [0.15, 0.2) is 96.2 Å².